The van der Waals surface area contributed by atoms with Crippen LogP contribution >= 0.6 is 0 Å². The molecule has 1 fully saturated rings. The Labute approximate surface area is 114 Å². The van der Waals surface area contributed by atoms with Gasteiger partial charge in [0.1, 0.15) is 12.2 Å². The molecule has 2 rings (SSSR count). The summed E-state index contributed by atoms with van der Waals surface area (Å²) < 4.78 is 11.3. The monoisotopic (exact) mass is 265 g/mol. The van der Waals surface area contributed by atoms with Gasteiger partial charge in [0.25, 0.3) is 0 Å². The SMILES string of the molecule is CCOc1ccccc1OCC1(O)CCN(C)CC1. The summed E-state index contributed by atoms with van der Waals surface area (Å²) in [5, 5.41) is 10.5. The molecule has 0 atom stereocenters. The van der Waals surface area contributed by atoms with Crippen molar-refractivity contribution < 1.29 is 14.6 Å². The van der Waals surface area contributed by atoms with Gasteiger partial charge < -0.3 is 19.5 Å². The lowest BCUT2D eigenvalue weighted by atomic mass is 9.93. The number of hydrogen-bond donors (Lipinski definition) is 1. The van der Waals surface area contributed by atoms with Gasteiger partial charge in [-0.1, -0.05) is 12.1 Å². The van der Waals surface area contributed by atoms with Crippen LogP contribution in [0.3, 0.4) is 0 Å². The summed E-state index contributed by atoms with van der Waals surface area (Å²) >= 11 is 0. The molecule has 0 bridgehead atoms. The minimum absolute atomic E-state index is 0.324. The first-order chi connectivity index (χ1) is 9.13. The highest BCUT2D eigenvalue weighted by Gasteiger charge is 2.32. The van der Waals surface area contributed by atoms with Crippen LogP contribution < -0.4 is 9.47 Å². The number of benzene rings is 1. The van der Waals surface area contributed by atoms with Gasteiger partial charge in [-0.15, -0.1) is 0 Å². The molecule has 0 saturated carbocycles. The van der Waals surface area contributed by atoms with Gasteiger partial charge in [0, 0.05) is 13.1 Å². The van der Waals surface area contributed by atoms with Gasteiger partial charge in [-0.25, -0.2) is 0 Å². The van der Waals surface area contributed by atoms with Crippen molar-refractivity contribution in [3.8, 4) is 11.5 Å². The normalized spacial score (nSPS) is 19.1. The fourth-order valence-electron chi connectivity index (χ4n) is 2.24. The van der Waals surface area contributed by atoms with Gasteiger partial charge in [0.2, 0.25) is 0 Å². The Balaban J connectivity index is 1.94. The molecule has 1 aliphatic rings. The molecule has 1 aromatic rings. The van der Waals surface area contributed by atoms with Crippen LogP contribution in [0, 0.1) is 0 Å². The quantitative estimate of drug-likeness (QED) is 0.883. The number of rotatable bonds is 5. The van der Waals surface area contributed by atoms with Gasteiger partial charge in [-0.2, -0.15) is 0 Å². The average Bonchev–Trinajstić information content (AvgIpc) is 2.42. The Morgan fingerprint density at radius 3 is 2.32 bits per heavy atom. The van der Waals surface area contributed by atoms with Gasteiger partial charge in [0.05, 0.1) is 6.61 Å². The van der Waals surface area contributed by atoms with E-state index in [0.717, 1.165) is 31.7 Å². The first-order valence-electron chi connectivity index (χ1n) is 6.88. The minimum Gasteiger partial charge on any atom is -0.490 e. The molecule has 4 nitrogen and oxygen atoms in total. The zero-order valence-electron chi connectivity index (χ0n) is 11.8. The number of ether oxygens (including phenoxy) is 2. The maximum atomic E-state index is 10.5. The van der Waals surface area contributed by atoms with Crippen LogP contribution in [0.15, 0.2) is 24.3 Å². The third kappa shape index (κ3) is 3.85. The zero-order valence-corrected chi connectivity index (χ0v) is 11.8. The lowest BCUT2D eigenvalue weighted by Crippen LogP contribution is -2.46. The van der Waals surface area contributed by atoms with Gasteiger partial charge in [0.15, 0.2) is 11.5 Å². The Morgan fingerprint density at radius 2 is 1.74 bits per heavy atom. The molecule has 1 saturated heterocycles. The van der Waals surface area contributed by atoms with Crippen LogP contribution in [0.2, 0.25) is 0 Å². The zero-order chi connectivity index (χ0) is 13.7. The standard InChI is InChI=1S/C15H23NO3/c1-3-18-13-6-4-5-7-14(13)19-12-15(17)8-10-16(2)11-9-15/h4-7,17H,3,8-12H2,1-2H3. The molecule has 1 aromatic carbocycles. The number of hydrogen-bond acceptors (Lipinski definition) is 4. The van der Waals surface area contributed by atoms with E-state index >= 15 is 0 Å². The Kier molecular flexibility index (Phi) is 4.66. The molecule has 0 radical (unpaired) electrons. The smallest absolute Gasteiger partial charge is 0.161 e. The summed E-state index contributed by atoms with van der Waals surface area (Å²) in [6.07, 6.45) is 1.50. The average molecular weight is 265 g/mol. The molecule has 0 unspecified atom stereocenters. The lowest BCUT2D eigenvalue weighted by molar-refractivity contribution is -0.0487. The second-order valence-corrected chi connectivity index (χ2v) is 5.20. The predicted octanol–water partition coefficient (Wildman–Crippen LogP) is 1.92. The number of para-hydroxylation sites is 2. The van der Waals surface area contributed by atoms with Crippen molar-refractivity contribution in [2.24, 2.45) is 0 Å². The molecule has 1 aliphatic heterocycles. The topological polar surface area (TPSA) is 41.9 Å². The van der Waals surface area contributed by atoms with Crippen molar-refractivity contribution in [1.29, 1.82) is 0 Å². The van der Waals surface area contributed by atoms with E-state index in [0.29, 0.717) is 19.0 Å². The van der Waals surface area contributed by atoms with E-state index in [1.165, 1.54) is 0 Å². The number of nitrogens with zero attached hydrogens (tertiary/aromatic N) is 1. The van der Waals surface area contributed by atoms with Crippen LogP contribution in [0.5, 0.6) is 11.5 Å². The van der Waals surface area contributed by atoms with E-state index in [9.17, 15) is 5.11 Å². The minimum atomic E-state index is -0.716. The van der Waals surface area contributed by atoms with Crippen LogP contribution in [0.25, 0.3) is 0 Å². The Bertz CT molecular complexity index is 400. The molecule has 0 spiro atoms. The van der Waals surface area contributed by atoms with Gasteiger partial charge >= 0.3 is 0 Å². The van der Waals surface area contributed by atoms with Crippen LogP contribution in [0.4, 0.5) is 0 Å². The van der Waals surface area contributed by atoms with Crippen molar-refractivity contribution in [2.45, 2.75) is 25.4 Å². The third-order valence-corrected chi connectivity index (χ3v) is 3.56. The maximum absolute atomic E-state index is 10.5. The summed E-state index contributed by atoms with van der Waals surface area (Å²) in [7, 11) is 2.07. The van der Waals surface area contributed by atoms with E-state index in [1.54, 1.807) is 0 Å². The van der Waals surface area contributed by atoms with Crippen LogP contribution in [0.1, 0.15) is 19.8 Å². The van der Waals surface area contributed by atoms with E-state index in [2.05, 4.69) is 11.9 Å². The third-order valence-electron chi connectivity index (χ3n) is 3.56. The summed E-state index contributed by atoms with van der Waals surface area (Å²) in [5.74, 6) is 1.44. The molecule has 1 heterocycles. The fourth-order valence-corrected chi connectivity index (χ4v) is 2.24. The number of piperidine rings is 1. The fraction of sp³-hybridized carbons (Fsp3) is 0.600. The highest BCUT2D eigenvalue weighted by molar-refractivity contribution is 5.39. The van der Waals surface area contributed by atoms with Crippen LogP contribution in [-0.4, -0.2) is 49.0 Å². The van der Waals surface area contributed by atoms with E-state index in [4.69, 9.17) is 9.47 Å². The van der Waals surface area contributed by atoms with Crippen molar-refractivity contribution in [1.82, 2.24) is 4.90 Å². The lowest BCUT2D eigenvalue weighted by Gasteiger charge is -2.36. The molecule has 1 N–H and O–H groups in total. The van der Waals surface area contributed by atoms with Gasteiger partial charge in [-0.3, -0.25) is 0 Å². The van der Waals surface area contributed by atoms with E-state index in [-0.39, 0.29) is 0 Å². The second-order valence-electron chi connectivity index (χ2n) is 5.20. The summed E-state index contributed by atoms with van der Waals surface area (Å²) in [5.41, 5.74) is -0.716. The maximum Gasteiger partial charge on any atom is 0.161 e. The molecule has 4 heteroatoms. The molecule has 106 valence electrons. The molecular weight excluding hydrogens is 242 g/mol. The first-order valence-corrected chi connectivity index (χ1v) is 6.88. The van der Waals surface area contributed by atoms with E-state index in [1.807, 2.05) is 31.2 Å². The second kappa shape index (κ2) is 6.26. The molecule has 0 aliphatic carbocycles. The number of likely N-dealkylation sites (tertiary alicyclic amines) is 1. The Morgan fingerprint density at radius 1 is 1.16 bits per heavy atom. The largest absolute Gasteiger partial charge is 0.490 e. The van der Waals surface area contributed by atoms with Crippen molar-refractivity contribution in [3.05, 3.63) is 24.3 Å². The van der Waals surface area contributed by atoms with E-state index < -0.39 is 5.60 Å². The summed E-state index contributed by atoms with van der Waals surface area (Å²) in [4.78, 5) is 2.22. The predicted molar refractivity (Wildman–Crippen MR) is 74.8 cm³/mol. The van der Waals surface area contributed by atoms with Gasteiger partial charge in [-0.05, 0) is 38.9 Å². The number of aliphatic hydroxyl groups is 1. The Hall–Kier alpha value is -1.26. The first kappa shape index (κ1) is 14.2. The van der Waals surface area contributed by atoms with Crippen molar-refractivity contribution >= 4 is 0 Å². The van der Waals surface area contributed by atoms with Crippen molar-refractivity contribution in [3.63, 3.8) is 0 Å². The highest BCUT2D eigenvalue weighted by Crippen LogP contribution is 2.29. The highest BCUT2D eigenvalue weighted by atomic mass is 16.5. The molecular formula is C15H23NO3. The summed E-state index contributed by atoms with van der Waals surface area (Å²) in [6, 6.07) is 7.60. The van der Waals surface area contributed by atoms with Crippen LogP contribution in [-0.2, 0) is 0 Å². The molecule has 0 amide bonds. The molecule has 19 heavy (non-hydrogen) atoms. The van der Waals surface area contributed by atoms with Crippen molar-refractivity contribution in [2.75, 3.05) is 33.4 Å². The molecule has 0 aromatic heterocycles. The summed E-state index contributed by atoms with van der Waals surface area (Å²) in [6.45, 7) is 4.70.